The third-order valence-electron chi connectivity index (χ3n) is 4.78. The van der Waals surface area contributed by atoms with Gasteiger partial charge in [0.25, 0.3) is 0 Å². The number of aliphatic imine (C=N–C) groups is 1. The number of amidine groups is 1. The van der Waals surface area contributed by atoms with E-state index < -0.39 is 29.8 Å². The molecular weight excluding hydrogens is 456 g/mol. The Morgan fingerprint density at radius 2 is 1.91 bits per heavy atom. The van der Waals surface area contributed by atoms with E-state index in [1.165, 1.54) is 18.5 Å². The van der Waals surface area contributed by atoms with Crippen LogP contribution < -0.4 is 15.6 Å². The van der Waals surface area contributed by atoms with Crippen LogP contribution in [0.2, 0.25) is 0 Å². The molecule has 0 saturated heterocycles. The van der Waals surface area contributed by atoms with Gasteiger partial charge in [0.2, 0.25) is 20.0 Å². The molecule has 1 aromatic heterocycles. The Labute approximate surface area is 184 Å². The van der Waals surface area contributed by atoms with E-state index in [2.05, 4.69) is 29.9 Å². The molecule has 0 spiro atoms. The molecular formula is C18H20N8O4S2. The highest BCUT2D eigenvalue weighted by molar-refractivity contribution is 7.92. The molecule has 0 unspecified atom stereocenters. The molecule has 0 atom stereocenters. The minimum absolute atomic E-state index is 0.0167. The molecule has 0 amide bonds. The number of para-hydroxylation sites is 1. The van der Waals surface area contributed by atoms with Gasteiger partial charge in [-0.25, -0.2) is 36.7 Å². The molecule has 14 heteroatoms. The number of sulfonamides is 2. The topological polar surface area (TPSA) is 198 Å². The van der Waals surface area contributed by atoms with Crippen LogP contribution in [0.3, 0.4) is 0 Å². The minimum Gasteiger partial charge on any atom is -0.345 e. The Balaban J connectivity index is 2.06. The first-order valence-electron chi connectivity index (χ1n) is 9.48. The second-order valence-corrected chi connectivity index (χ2v) is 10.1. The quantitative estimate of drug-likeness (QED) is 0.344. The molecule has 0 aliphatic carbocycles. The first kappa shape index (κ1) is 22.2. The predicted octanol–water partition coefficient (Wildman–Crippen LogP) is 0.674. The van der Waals surface area contributed by atoms with Crippen molar-refractivity contribution in [2.75, 3.05) is 19.8 Å². The third-order valence-corrected chi connectivity index (χ3v) is 7.41. The van der Waals surface area contributed by atoms with E-state index in [1.54, 1.807) is 18.2 Å². The first-order chi connectivity index (χ1) is 15.2. The lowest BCUT2D eigenvalue weighted by molar-refractivity contribution is 0.571. The summed E-state index contributed by atoms with van der Waals surface area (Å²) in [6.45, 7) is 0.282. The first-order valence-corrected chi connectivity index (χ1v) is 12.5. The summed E-state index contributed by atoms with van der Waals surface area (Å²) in [4.78, 5) is 10.3. The van der Waals surface area contributed by atoms with Crippen LogP contribution in [0, 0.1) is 0 Å². The molecule has 0 bridgehead atoms. The molecule has 1 aliphatic rings. The number of aromatic nitrogens is 2. The number of fused-ring (bicyclic) bond motifs is 1. The summed E-state index contributed by atoms with van der Waals surface area (Å²) in [6.07, 6.45) is 1.87. The van der Waals surface area contributed by atoms with Crippen molar-refractivity contribution < 1.29 is 16.8 Å². The fourth-order valence-corrected chi connectivity index (χ4v) is 6.10. The molecule has 2 heterocycles. The molecule has 6 N–H and O–H groups in total. The molecule has 2 aromatic carbocycles. The van der Waals surface area contributed by atoms with Gasteiger partial charge in [0.05, 0.1) is 22.9 Å². The van der Waals surface area contributed by atoms with Crippen LogP contribution in [0.4, 0.5) is 0 Å². The van der Waals surface area contributed by atoms with Crippen LogP contribution in [0.15, 0.2) is 61.7 Å². The fraction of sp³-hybridized carbons (Fsp3) is 0.222. The highest BCUT2D eigenvalue weighted by Crippen LogP contribution is 2.37. The van der Waals surface area contributed by atoms with Crippen LogP contribution in [0.25, 0.3) is 22.2 Å². The summed E-state index contributed by atoms with van der Waals surface area (Å²) >= 11 is 0. The van der Waals surface area contributed by atoms with Crippen molar-refractivity contribution in [3.63, 3.8) is 0 Å². The normalized spacial score (nSPS) is 14.2. The van der Waals surface area contributed by atoms with Crippen molar-refractivity contribution in [1.82, 2.24) is 14.7 Å². The minimum atomic E-state index is -4.54. The highest BCUT2D eigenvalue weighted by Gasteiger charge is 2.32. The summed E-state index contributed by atoms with van der Waals surface area (Å²) in [5.41, 5.74) is 7.54. The number of nitrogens with two attached hydrogens (primary N) is 2. The SMILES string of the molecule is NCCCNS(=O)(=O)c1ccc(-c2cccc3[nH]cnc23)c(C2=NCN=N2)c1S(N)(=O)=O. The van der Waals surface area contributed by atoms with Gasteiger partial charge >= 0.3 is 0 Å². The largest absolute Gasteiger partial charge is 0.345 e. The number of nitrogens with zero attached hydrogens (tertiary/aromatic N) is 4. The van der Waals surface area contributed by atoms with Crippen LogP contribution in [0.1, 0.15) is 12.0 Å². The number of hydrogen-bond donors (Lipinski definition) is 4. The predicted molar refractivity (Wildman–Crippen MR) is 118 cm³/mol. The third kappa shape index (κ3) is 4.05. The number of aromatic amines is 1. The lowest BCUT2D eigenvalue weighted by atomic mass is 9.97. The van der Waals surface area contributed by atoms with Crippen molar-refractivity contribution in [1.29, 1.82) is 0 Å². The van der Waals surface area contributed by atoms with E-state index in [4.69, 9.17) is 10.9 Å². The zero-order valence-electron chi connectivity index (χ0n) is 16.7. The van der Waals surface area contributed by atoms with Crippen molar-refractivity contribution in [2.45, 2.75) is 16.2 Å². The molecule has 12 nitrogen and oxygen atoms in total. The van der Waals surface area contributed by atoms with E-state index in [0.29, 0.717) is 28.6 Å². The van der Waals surface area contributed by atoms with E-state index in [-0.39, 0.29) is 31.2 Å². The maximum atomic E-state index is 13.0. The highest BCUT2D eigenvalue weighted by atomic mass is 32.2. The van der Waals surface area contributed by atoms with Crippen LogP contribution >= 0.6 is 0 Å². The summed E-state index contributed by atoms with van der Waals surface area (Å²) < 4.78 is 53.7. The molecule has 0 radical (unpaired) electrons. The Kier molecular flexibility index (Phi) is 5.87. The zero-order chi connectivity index (χ0) is 22.9. The molecule has 3 aromatic rings. The van der Waals surface area contributed by atoms with Crippen molar-refractivity contribution in [3.05, 3.63) is 42.2 Å². The maximum Gasteiger partial charge on any atom is 0.241 e. The zero-order valence-corrected chi connectivity index (χ0v) is 18.3. The van der Waals surface area contributed by atoms with Gasteiger partial charge in [-0.05, 0) is 30.7 Å². The van der Waals surface area contributed by atoms with Gasteiger partial charge in [0.15, 0.2) is 12.5 Å². The maximum absolute atomic E-state index is 13.0. The lowest BCUT2D eigenvalue weighted by Crippen LogP contribution is -2.29. The molecule has 1 aliphatic heterocycles. The molecule has 32 heavy (non-hydrogen) atoms. The number of benzene rings is 2. The number of H-pyrrole nitrogens is 1. The van der Waals surface area contributed by atoms with Gasteiger partial charge in [-0.1, -0.05) is 18.2 Å². The number of rotatable bonds is 8. The van der Waals surface area contributed by atoms with Crippen LogP contribution in [-0.2, 0) is 20.0 Å². The summed E-state index contributed by atoms with van der Waals surface area (Å²) in [6, 6.07) is 7.98. The molecule has 168 valence electrons. The van der Waals surface area contributed by atoms with Crippen molar-refractivity contribution in [2.24, 2.45) is 26.1 Å². The summed E-state index contributed by atoms with van der Waals surface area (Å²) in [5.74, 6) is -0.0319. The second kappa shape index (κ2) is 8.48. The van der Waals surface area contributed by atoms with Gasteiger partial charge in [-0.2, -0.15) is 5.11 Å². The van der Waals surface area contributed by atoms with E-state index in [1.807, 2.05) is 0 Å². The average Bonchev–Trinajstić information content (AvgIpc) is 3.44. The summed E-state index contributed by atoms with van der Waals surface area (Å²) in [7, 11) is -8.78. The standard InChI is InChI=1S/C18H20N8O4S2/c19-7-2-8-25-32(29,30)14-6-5-11(12-3-1-4-13-16(12)22-9-21-13)15(17(14)31(20,27)28)18-23-10-24-26-18/h1,3-6,9,25H,2,7-8,10,19H2,(H,21,22)(H2,20,27,28). The monoisotopic (exact) mass is 476 g/mol. The lowest BCUT2D eigenvalue weighted by Gasteiger charge is -2.17. The van der Waals surface area contributed by atoms with E-state index in [9.17, 15) is 16.8 Å². The number of primary sulfonamides is 1. The van der Waals surface area contributed by atoms with Crippen molar-refractivity contribution in [3.8, 4) is 11.1 Å². The van der Waals surface area contributed by atoms with Crippen molar-refractivity contribution >= 4 is 36.9 Å². The van der Waals surface area contributed by atoms with Gasteiger partial charge in [0.1, 0.15) is 9.79 Å². The van der Waals surface area contributed by atoms with Gasteiger partial charge in [0, 0.05) is 12.1 Å². The number of imidazole rings is 1. The number of hydrogen-bond acceptors (Lipinski definition) is 9. The van der Waals surface area contributed by atoms with Gasteiger partial charge in [-0.3, -0.25) is 0 Å². The fourth-order valence-electron chi connectivity index (χ4n) is 3.43. The number of nitrogens with one attached hydrogen (secondary N) is 2. The average molecular weight is 477 g/mol. The number of azo groups is 1. The van der Waals surface area contributed by atoms with Gasteiger partial charge < -0.3 is 10.7 Å². The van der Waals surface area contributed by atoms with Crippen LogP contribution in [0.5, 0.6) is 0 Å². The Hall–Kier alpha value is -3.04. The summed E-state index contributed by atoms with van der Waals surface area (Å²) in [5, 5.41) is 13.2. The smallest absolute Gasteiger partial charge is 0.241 e. The molecule has 4 rings (SSSR count). The Bertz CT molecular complexity index is 1460. The van der Waals surface area contributed by atoms with E-state index >= 15 is 0 Å². The van der Waals surface area contributed by atoms with Crippen LogP contribution in [-0.4, -0.2) is 52.4 Å². The Morgan fingerprint density at radius 1 is 1.09 bits per heavy atom. The Morgan fingerprint density at radius 3 is 2.59 bits per heavy atom. The second-order valence-electron chi connectivity index (χ2n) is 6.87. The van der Waals surface area contributed by atoms with E-state index in [0.717, 1.165) is 0 Å². The van der Waals surface area contributed by atoms with Gasteiger partial charge in [-0.15, -0.1) is 5.11 Å². The molecule has 0 saturated carbocycles. The molecule has 0 fully saturated rings.